The second-order valence-corrected chi connectivity index (χ2v) is 6.99. The second-order valence-electron chi connectivity index (χ2n) is 6.99. The summed E-state index contributed by atoms with van der Waals surface area (Å²) in [5.41, 5.74) is 0. The summed E-state index contributed by atoms with van der Waals surface area (Å²) in [4.78, 5) is 14.6. The molecule has 1 saturated heterocycles. The molecule has 0 aromatic carbocycles. The first kappa shape index (κ1) is 16.8. The lowest BCUT2D eigenvalue weighted by molar-refractivity contribution is -0.125. The van der Waals surface area contributed by atoms with E-state index in [0.717, 1.165) is 19.5 Å². The molecule has 1 saturated carbocycles. The first-order valence-electron chi connectivity index (χ1n) is 8.91. The minimum Gasteiger partial charge on any atom is -0.355 e. The third kappa shape index (κ3) is 4.68. The van der Waals surface area contributed by atoms with Crippen molar-refractivity contribution in [2.45, 2.75) is 89.9 Å². The highest BCUT2D eigenvalue weighted by Gasteiger charge is 2.38. The van der Waals surface area contributed by atoms with Gasteiger partial charge in [-0.05, 0) is 40.0 Å². The number of likely N-dealkylation sites (N-methyl/N-ethyl adjacent to an activating group) is 1. The maximum absolute atomic E-state index is 12.3. The van der Waals surface area contributed by atoms with E-state index in [-0.39, 0.29) is 11.9 Å². The van der Waals surface area contributed by atoms with Crippen LogP contribution < -0.4 is 10.6 Å². The predicted molar refractivity (Wildman–Crippen MR) is 87.3 cm³/mol. The van der Waals surface area contributed by atoms with E-state index < -0.39 is 0 Å². The van der Waals surface area contributed by atoms with E-state index >= 15 is 0 Å². The standard InChI is InChI=1S/C17H33N3O/c1-4-18-17(21)16-11-15(12-20(16)13(2)3)19-14-9-7-5-6-8-10-14/h13-16,19H,4-12H2,1-3H3,(H,18,21)/t15-,16-/m0/s1. The van der Waals surface area contributed by atoms with Crippen LogP contribution in [0.25, 0.3) is 0 Å². The number of hydrogen-bond acceptors (Lipinski definition) is 3. The molecule has 2 N–H and O–H groups in total. The second kappa shape index (κ2) is 8.14. The highest BCUT2D eigenvalue weighted by atomic mass is 16.2. The first-order chi connectivity index (χ1) is 10.1. The Morgan fingerprint density at radius 1 is 1.14 bits per heavy atom. The van der Waals surface area contributed by atoms with E-state index in [9.17, 15) is 4.79 Å². The Labute approximate surface area is 130 Å². The molecule has 2 rings (SSSR count). The number of likely N-dealkylation sites (tertiary alicyclic amines) is 1. The summed E-state index contributed by atoms with van der Waals surface area (Å²) in [6, 6.07) is 1.62. The predicted octanol–water partition coefficient (Wildman–Crippen LogP) is 2.29. The maximum Gasteiger partial charge on any atom is 0.237 e. The first-order valence-corrected chi connectivity index (χ1v) is 8.91. The summed E-state index contributed by atoms with van der Waals surface area (Å²) in [5.74, 6) is 0.205. The number of rotatable bonds is 5. The fourth-order valence-corrected chi connectivity index (χ4v) is 3.88. The van der Waals surface area contributed by atoms with Gasteiger partial charge in [0.05, 0.1) is 6.04 Å². The van der Waals surface area contributed by atoms with Crippen molar-refractivity contribution in [2.24, 2.45) is 0 Å². The van der Waals surface area contributed by atoms with Crippen LogP contribution in [0.2, 0.25) is 0 Å². The van der Waals surface area contributed by atoms with Crippen LogP contribution in [0.4, 0.5) is 0 Å². The Balaban J connectivity index is 1.91. The Hall–Kier alpha value is -0.610. The normalized spacial score (nSPS) is 28.8. The van der Waals surface area contributed by atoms with E-state index in [0.29, 0.717) is 18.1 Å². The summed E-state index contributed by atoms with van der Waals surface area (Å²) in [6.45, 7) is 8.12. The monoisotopic (exact) mass is 295 g/mol. The molecule has 2 aliphatic rings. The van der Waals surface area contributed by atoms with Gasteiger partial charge in [-0.15, -0.1) is 0 Å². The van der Waals surface area contributed by atoms with Crippen molar-refractivity contribution >= 4 is 5.91 Å². The maximum atomic E-state index is 12.3. The van der Waals surface area contributed by atoms with E-state index in [4.69, 9.17) is 0 Å². The lowest BCUT2D eigenvalue weighted by Gasteiger charge is -2.27. The Kier molecular flexibility index (Phi) is 6.49. The summed E-state index contributed by atoms with van der Waals surface area (Å²) in [5, 5.41) is 6.85. The van der Waals surface area contributed by atoms with Crippen LogP contribution in [0.3, 0.4) is 0 Å². The van der Waals surface area contributed by atoms with Crippen molar-refractivity contribution in [3.8, 4) is 0 Å². The van der Waals surface area contributed by atoms with Crippen LogP contribution in [0, 0.1) is 0 Å². The largest absolute Gasteiger partial charge is 0.355 e. The molecule has 0 unspecified atom stereocenters. The van der Waals surface area contributed by atoms with E-state index in [1.54, 1.807) is 0 Å². The number of nitrogens with one attached hydrogen (secondary N) is 2. The van der Waals surface area contributed by atoms with Gasteiger partial charge in [0.15, 0.2) is 0 Å². The molecule has 122 valence electrons. The number of carbonyl (C=O) groups is 1. The molecule has 1 heterocycles. The highest BCUT2D eigenvalue weighted by molar-refractivity contribution is 5.82. The van der Waals surface area contributed by atoms with Gasteiger partial charge < -0.3 is 10.6 Å². The summed E-state index contributed by atoms with van der Waals surface area (Å²) in [7, 11) is 0. The molecule has 1 amide bonds. The topological polar surface area (TPSA) is 44.4 Å². The lowest BCUT2D eigenvalue weighted by atomic mass is 10.1. The average Bonchev–Trinajstić information content (AvgIpc) is 2.69. The van der Waals surface area contributed by atoms with Gasteiger partial charge in [0.1, 0.15) is 0 Å². The van der Waals surface area contributed by atoms with Gasteiger partial charge in [0, 0.05) is 31.2 Å². The molecule has 0 radical (unpaired) electrons. The summed E-state index contributed by atoms with van der Waals surface area (Å²) < 4.78 is 0. The van der Waals surface area contributed by atoms with Gasteiger partial charge in [-0.1, -0.05) is 25.7 Å². The van der Waals surface area contributed by atoms with Crippen LogP contribution >= 0.6 is 0 Å². The van der Waals surface area contributed by atoms with Crippen LogP contribution in [0.15, 0.2) is 0 Å². The molecule has 0 aromatic heterocycles. The molecule has 2 fully saturated rings. The Morgan fingerprint density at radius 2 is 1.81 bits per heavy atom. The van der Waals surface area contributed by atoms with Crippen LogP contribution in [-0.4, -0.2) is 48.1 Å². The summed E-state index contributed by atoms with van der Waals surface area (Å²) >= 11 is 0. The van der Waals surface area contributed by atoms with Gasteiger partial charge in [-0.2, -0.15) is 0 Å². The zero-order valence-corrected chi connectivity index (χ0v) is 14.0. The SMILES string of the molecule is CCNC(=O)[C@@H]1C[C@H](NC2CCCCCC2)CN1C(C)C. The fraction of sp³-hybridized carbons (Fsp3) is 0.941. The van der Waals surface area contributed by atoms with Gasteiger partial charge in [-0.25, -0.2) is 0 Å². The fourth-order valence-electron chi connectivity index (χ4n) is 3.88. The Bertz CT molecular complexity index is 324. The number of carbonyl (C=O) groups excluding carboxylic acids is 1. The molecule has 0 spiro atoms. The van der Waals surface area contributed by atoms with Crippen molar-refractivity contribution in [3.05, 3.63) is 0 Å². The number of nitrogens with zero attached hydrogens (tertiary/aromatic N) is 1. The quantitative estimate of drug-likeness (QED) is 0.765. The zero-order valence-electron chi connectivity index (χ0n) is 14.0. The molecule has 2 atom stereocenters. The minimum absolute atomic E-state index is 0.0493. The van der Waals surface area contributed by atoms with Crippen molar-refractivity contribution in [3.63, 3.8) is 0 Å². The highest BCUT2D eigenvalue weighted by Crippen LogP contribution is 2.24. The van der Waals surface area contributed by atoms with Crippen molar-refractivity contribution in [1.29, 1.82) is 0 Å². The van der Waals surface area contributed by atoms with Crippen molar-refractivity contribution in [2.75, 3.05) is 13.1 Å². The van der Waals surface area contributed by atoms with Gasteiger partial charge >= 0.3 is 0 Å². The van der Waals surface area contributed by atoms with Gasteiger partial charge in [0.25, 0.3) is 0 Å². The molecule has 4 nitrogen and oxygen atoms in total. The molecule has 21 heavy (non-hydrogen) atoms. The molecule has 4 heteroatoms. The summed E-state index contributed by atoms with van der Waals surface area (Å²) in [6.07, 6.45) is 9.08. The average molecular weight is 295 g/mol. The van der Waals surface area contributed by atoms with Crippen molar-refractivity contribution in [1.82, 2.24) is 15.5 Å². The zero-order chi connectivity index (χ0) is 15.2. The number of amides is 1. The van der Waals surface area contributed by atoms with Crippen LogP contribution in [0.1, 0.15) is 65.7 Å². The van der Waals surface area contributed by atoms with Crippen molar-refractivity contribution < 1.29 is 4.79 Å². The minimum atomic E-state index is 0.0493. The smallest absolute Gasteiger partial charge is 0.237 e. The molecular formula is C17H33N3O. The third-order valence-electron chi connectivity index (χ3n) is 4.98. The molecule has 1 aliphatic heterocycles. The molecular weight excluding hydrogens is 262 g/mol. The van der Waals surface area contributed by atoms with E-state index in [1.807, 2.05) is 6.92 Å². The van der Waals surface area contributed by atoms with Gasteiger partial charge in [-0.3, -0.25) is 9.69 Å². The van der Waals surface area contributed by atoms with E-state index in [1.165, 1.54) is 38.5 Å². The van der Waals surface area contributed by atoms with Crippen LogP contribution in [0.5, 0.6) is 0 Å². The molecule has 1 aliphatic carbocycles. The molecule has 0 bridgehead atoms. The Morgan fingerprint density at radius 3 is 2.38 bits per heavy atom. The van der Waals surface area contributed by atoms with Crippen LogP contribution in [-0.2, 0) is 4.79 Å². The van der Waals surface area contributed by atoms with Gasteiger partial charge in [0.2, 0.25) is 5.91 Å². The molecule has 0 aromatic rings. The third-order valence-corrected chi connectivity index (χ3v) is 4.98. The van der Waals surface area contributed by atoms with E-state index in [2.05, 4.69) is 29.4 Å². The lowest BCUT2D eigenvalue weighted by Crippen LogP contribution is -2.46. The number of hydrogen-bond donors (Lipinski definition) is 2.